The molecule has 2 fully saturated rings. The molecule has 2 saturated heterocycles. The van der Waals surface area contributed by atoms with Gasteiger partial charge in [0, 0.05) is 56.3 Å². The van der Waals surface area contributed by atoms with Gasteiger partial charge in [0.25, 0.3) is 0 Å². The Morgan fingerprint density at radius 3 is 3.00 bits per heavy atom. The number of amides is 1. The maximum Gasteiger partial charge on any atom is 0.248 e. The monoisotopic (exact) mass is 372 g/mol. The van der Waals surface area contributed by atoms with E-state index in [1.807, 2.05) is 24.0 Å². The maximum atomic E-state index is 12.5. The van der Waals surface area contributed by atoms with Gasteiger partial charge in [0.2, 0.25) is 17.6 Å². The standard InChI is InChI=1S/C19H24N4O4/c1-2-25-12-16(24)23-11-15(19(13-23)5-8-26-9-6-19)18-21-17(22-27-18)14-4-3-7-20-10-14/h3-4,7,10,15H,2,5-6,8-9,11-13H2,1H3/t15-/m1/s1. The molecule has 0 N–H and O–H groups in total. The predicted molar refractivity (Wildman–Crippen MR) is 95.8 cm³/mol. The molecule has 2 aliphatic heterocycles. The van der Waals surface area contributed by atoms with E-state index in [9.17, 15) is 4.79 Å². The van der Waals surface area contributed by atoms with Crippen molar-refractivity contribution in [3.8, 4) is 11.4 Å². The molecule has 8 heteroatoms. The molecule has 1 amide bonds. The number of ether oxygens (including phenoxy) is 2. The van der Waals surface area contributed by atoms with Gasteiger partial charge in [-0.1, -0.05) is 5.16 Å². The van der Waals surface area contributed by atoms with Crippen LogP contribution in [0.25, 0.3) is 11.4 Å². The van der Waals surface area contributed by atoms with Crippen molar-refractivity contribution in [3.05, 3.63) is 30.4 Å². The van der Waals surface area contributed by atoms with Crippen LogP contribution in [0.2, 0.25) is 0 Å². The largest absolute Gasteiger partial charge is 0.381 e. The summed E-state index contributed by atoms with van der Waals surface area (Å²) in [6, 6.07) is 3.74. The number of carbonyl (C=O) groups is 1. The molecule has 0 bridgehead atoms. The maximum absolute atomic E-state index is 12.5. The molecule has 4 heterocycles. The fourth-order valence-electron chi connectivity index (χ4n) is 4.05. The molecule has 8 nitrogen and oxygen atoms in total. The summed E-state index contributed by atoms with van der Waals surface area (Å²) in [5.74, 6) is 1.13. The zero-order chi connectivity index (χ0) is 18.7. The Morgan fingerprint density at radius 2 is 2.26 bits per heavy atom. The zero-order valence-electron chi connectivity index (χ0n) is 15.5. The third-order valence-electron chi connectivity index (χ3n) is 5.58. The van der Waals surface area contributed by atoms with Gasteiger partial charge in [0.05, 0.1) is 5.92 Å². The summed E-state index contributed by atoms with van der Waals surface area (Å²) in [6.07, 6.45) is 5.17. The van der Waals surface area contributed by atoms with Gasteiger partial charge < -0.3 is 18.9 Å². The number of hydrogen-bond donors (Lipinski definition) is 0. The Labute approximate surface area is 157 Å². The number of hydrogen-bond acceptors (Lipinski definition) is 7. The van der Waals surface area contributed by atoms with E-state index < -0.39 is 0 Å². The molecule has 144 valence electrons. The number of nitrogens with zero attached hydrogens (tertiary/aromatic N) is 4. The molecule has 0 unspecified atom stereocenters. The Kier molecular flexibility index (Phi) is 5.18. The SMILES string of the molecule is CCOCC(=O)N1C[C@H](c2nc(-c3cccnc3)no2)C2(CCOCC2)C1. The van der Waals surface area contributed by atoms with E-state index in [1.165, 1.54) is 0 Å². The van der Waals surface area contributed by atoms with Crippen molar-refractivity contribution in [2.24, 2.45) is 5.41 Å². The fourth-order valence-corrected chi connectivity index (χ4v) is 4.05. The summed E-state index contributed by atoms with van der Waals surface area (Å²) < 4.78 is 16.5. The van der Waals surface area contributed by atoms with Crippen molar-refractivity contribution >= 4 is 5.91 Å². The third kappa shape index (κ3) is 3.59. The first-order valence-electron chi connectivity index (χ1n) is 9.39. The lowest BCUT2D eigenvalue weighted by Gasteiger charge is -2.36. The highest BCUT2D eigenvalue weighted by Gasteiger charge is 2.51. The fraction of sp³-hybridized carbons (Fsp3) is 0.579. The second-order valence-electron chi connectivity index (χ2n) is 7.14. The van der Waals surface area contributed by atoms with Gasteiger partial charge >= 0.3 is 0 Å². The molecule has 0 saturated carbocycles. The minimum Gasteiger partial charge on any atom is -0.381 e. The van der Waals surface area contributed by atoms with E-state index in [1.54, 1.807) is 12.4 Å². The summed E-state index contributed by atoms with van der Waals surface area (Å²) in [5, 5.41) is 4.14. The van der Waals surface area contributed by atoms with Gasteiger partial charge in [-0.3, -0.25) is 9.78 Å². The first-order valence-corrected chi connectivity index (χ1v) is 9.39. The average Bonchev–Trinajstić information content (AvgIpc) is 3.33. The second-order valence-corrected chi connectivity index (χ2v) is 7.14. The average molecular weight is 372 g/mol. The molecule has 2 aromatic rings. The molecule has 4 rings (SSSR count). The first kappa shape index (κ1) is 18.1. The number of aromatic nitrogens is 3. The van der Waals surface area contributed by atoms with Crippen LogP contribution in [-0.2, 0) is 14.3 Å². The van der Waals surface area contributed by atoms with Crippen LogP contribution in [0.3, 0.4) is 0 Å². The van der Waals surface area contributed by atoms with E-state index in [0.717, 1.165) is 18.4 Å². The van der Waals surface area contributed by atoms with Gasteiger partial charge in [-0.2, -0.15) is 4.98 Å². The summed E-state index contributed by atoms with van der Waals surface area (Å²) in [4.78, 5) is 23.2. The van der Waals surface area contributed by atoms with Crippen LogP contribution in [0.4, 0.5) is 0 Å². The normalized spacial score (nSPS) is 21.7. The molecule has 0 radical (unpaired) electrons. The van der Waals surface area contributed by atoms with Crippen LogP contribution >= 0.6 is 0 Å². The lowest BCUT2D eigenvalue weighted by Crippen LogP contribution is -2.38. The highest BCUT2D eigenvalue weighted by Crippen LogP contribution is 2.49. The summed E-state index contributed by atoms with van der Waals surface area (Å²) >= 11 is 0. The van der Waals surface area contributed by atoms with Gasteiger partial charge in [-0.25, -0.2) is 0 Å². The Bertz CT molecular complexity index is 773. The molecule has 1 atom stereocenters. The van der Waals surface area contributed by atoms with Crippen molar-refractivity contribution in [1.29, 1.82) is 0 Å². The Balaban J connectivity index is 1.59. The molecular weight excluding hydrogens is 348 g/mol. The molecule has 2 aromatic heterocycles. The van der Waals surface area contributed by atoms with E-state index >= 15 is 0 Å². The van der Waals surface area contributed by atoms with Crippen LogP contribution in [0.1, 0.15) is 31.6 Å². The third-order valence-corrected chi connectivity index (χ3v) is 5.58. The number of rotatable bonds is 5. The van der Waals surface area contributed by atoms with Crippen LogP contribution in [0, 0.1) is 5.41 Å². The Hall–Kier alpha value is -2.32. The molecule has 27 heavy (non-hydrogen) atoms. The van der Waals surface area contributed by atoms with Crippen molar-refractivity contribution < 1.29 is 18.8 Å². The van der Waals surface area contributed by atoms with Crippen molar-refractivity contribution in [2.75, 3.05) is 39.5 Å². The van der Waals surface area contributed by atoms with Crippen LogP contribution in [0.15, 0.2) is 29.0 Å². The minimum absolute atomic E-state index is 0.00454. The number of likely N-dealkylation sites (tertiary alicyclic amines) is 1. The van der Waals surface area contributed by atoms with Crippen LogP contribution < -0.4 is 0 Å². The molecular formula is C19H24N4O4. The van der Waals surface area contributed by atoms with E-state index in [0.29, 0.717) is 44.6 Å². The second kappa shape index (κ2) is 7.74. The summed E-state index contributed by atoms with van der Waals surface area (Å²) in [7, 11) is 0. The Morgan fingerprint density at radius 1 is 1.41 bits per heavy atom. The van der Waals surface area contributed by atoms with E-state index in [-0.39, 0.29) is 23.8 Å². The van der Waals surface area contributed by atoms with Crippen molar-refractivity contribution in [3.63, 3.8) is 0 Å². The highest BCUT2D eigenvalue weighted by atomic mass is 16.5. The lowest BCUT2D eigenvalue weighted by atomic mass is 9.72. The van der Waals surface area contributed by atoms with Gasteiger partial charge in [-0.15, -0.1) is 0 Å². The van der Waals surface area contributed by atoms with Crippen molar-refractivity contribution in [2.45, 2.75) is 25.7 Å². The first-order chi connectivity index (χ1) is 13.2. The van der Waals surface area contributed by atoms with Gasteiger partial charge in [0.15, 0.2) is 0 Å². The lowest BCUT2D eigenvalue weighted by molar-refractivity contribution is -0.135. The van der Waals surface area contributed by atoms with Gasteiger partial charge in [-0.05, 0) is 31.9 Å². The molecule has 0 aromatic carbocycles. The molecule has 0 aliphatic carbocycles. The summed E-state index contributed by atoms with van der Waals surface area (Å²) in [6.45, 7) is 5.15. The smallest absolute Gasteiger partial charge is 0.248 e. The quantitative estimate of drug-likeness (QED) is 0.791. The van der Waals surface area contributed by atoms with Crippen LogP contribution in [-0.4, -0.2) is 65.4 Å². The van der Waals surface area contributed by atoms with Gasteiger partial charge in [0.1, 0.15) is 6.61 Å². The predicted octanol–water partition coefficient (Wildman–Crippen LogP) is 1.89. The summed E-state index contributed by atoms with van der Waals surface area (Å²) in [5.41, 5.74) is 0.731. The zero-order valence-corrected chi connectivity index (χ0v) is 15.5. The van der Waals surface area contributed by atoms with E-state index in [4.69, 9.17) is 14.0 Å². The van der Waals surface area contributed by atoms with Crippen LogP contribution in [0.5, 0.6) is 0 Å². The topological polar surface area (TPSA) is 90.6 Å². The minimum atomic E-state index is -0.0845. The number of carbonyl (C=O) groups excluding carboxylic acids is 1. The molecule has 1 spiro atoms. The number of pyridine rings is 1. The highest BCUT2D eigenvalue weighted by molar-refractivity contribution is 5.78. The molecule has 2 aliphatic rings. The van der Waals surface area contributed by atoms with E-state index in [2.05, 4.69) is 15.1 Å². The van der Waals surface area contributed by atoms with Crippen molar-refractivity contribution in [1.82, 2.24) is 20.0 Å².